The van der Waals surface area contributed by atoms with Gasteiger partial charge in [-0.1, -0.05) is 0 Å². The summed E-state index contributed by atoms with van der Waals surface area (Å²) in [6.07, 6.45) is 3.47. The van der Waals surface area contributed by atoms with Gasteiger partial charge in [0, 0.05) is 18.3 Å². The molecule has 0 saturated carbocycles. The molecule has 2 aromatic heterocycles. The quantitative estimate of drug-likeness (QED) is 0.832. The van der Waals surface area contributed by atoms with Crippen molar-refractivity contribution in [2.75, 3.05) is 0 Å². The third-order valence-electron chi connectivity index (χ3n) is 2.48. The first-order valence-electron chi connectivity index (χ1n) is 5.04. The van der Waals surface area contributed by atoms with Crippen molar-refractivity contribution in [3.63, 3.8) is 0 Å². The van der Waals surface area contributed by atoms with Gasteiger partial charge in [0.05, 0.1) is 18.0 Å². The monoisotopic (exact) mass is 205 g/mol. The Morgan fingerprint density at radius 2 is 2.40 bits per heavy atom. The van der Waals surface area contributed by atoms with Gasteiger partial charge in [0.25, 0.3) is 0 Å². The van der Waals surface area contributed by atoms with Crippen LogP contribution in [-0.2, 0) is 6.54 Å². The lowest BCUT2D eigenvalue weighted by atomic mass is 10.1. The second kappa shape index (κ2) is 3.90. The topological polar surface area (TPSA) is 57.0 Å². The van der Waals surface area contributed by atoms with Crippen molar-refractivity contribution in [3.05, 3.63) is 41.6 Å². The molecule has 2 aromatic rings. The fourth-order valence-electron chi connectivity index (χ4n) is 1.67. The van der Waals surface area contributed by atoms with Crippen molar-refractivity contribution in [2.24, 2.45) is 5.73 Å². The minimum atomic E-state index is -0.162. The van der Waals surface area contributed by atoms with Gasteiger partial charge < -0.3 is 10.2 Å². The maximum absolute atomic E-state index is 6.13. The van der Waals surface area contributed by atoms with Crippen LogP contribution in [0.25, 0.3) is 0 Å². The van der Waals surface area contributed by atoms with Crippen LogP contribution in [0.2, 0.25) is 0 Å². The second-order valence-corrected chi connectivity index (χ2v) is 3.54. The highest BCUT2D eigenvalue weighted by Gasteiger charge is 2.14. The van der Waals surface area contributed by atoms with Crippen molar-refractivity contribution in [2.45, 2.75) is 26.4 Å². The molecule has 0 aliphatic rings. The summed E-state index contributed by atoms with van der Waals surface area (Å²) in [5.41, 5.74) is 8.13. The Hall–Kier alpha value is -1.55. The van der Waals surface area contributed by atoms with Crippen molar-refractivity contribution in [3.8, 4) is 0 Å². The van der Waals surface area contributed by atoms with Crippen molar-refractivity contribution in [1.29, 1.82) is 0 Å². The third-order valence-corrected chi connectivity index (χ3v) is 2.48. The first-order valence-corrected chi connectivity index (χ1v) is 5.04. The molecular formula is C11H15N3O. The van der Waals surface area contributed by atoms with E-state index in [4.69, 9.17) is 10.2 Å². The largest absolute Gasteiger partial charge is 0.469 e. The van der Waals surface area contributed by atoms with Crippen LogP contribution >= 0.6 is 0 Å². The highest BCUT2D eigenvalue weighted by atomic mass is 16.3. The van der Waals surface area contributed by atoms with Crippen LogP contribution in [0.3, 0.4) is 0 Å². The number of aromatic nitrogens is 2. The van der Waals surface area contributed by atoms with Gasteiger partial charge >= 0.3 is 0 Å². The third kappa shape index (κ3) is 1.80. The molecule has 0 fully saturated rings. The Morgan fingerprint density at radius 1 is 1.60 bits per heavy atom. The SMILES string of the molecule is CCn1nccc1C(N)c1coc(C)c1. The fourth-order valence-corrected chi connectivity index (χ4v) is 1.67. The Balaban J connectivity index is 2.31. The summed E-state index contributed by atoms with van der Waals surface area (Å²) >= 11 is 0. The molecule has 0 amide bonds. The molecule has 0 aliphatic heterocycles. The number of nitrogens with zero attached hydrogens (tertiary/aromatic N) is 2. The molecule has 2 heterocycles. The molecule has 2 rings (SSSR count). The van der Waals surface area contributed by atoms with Gasteiger partial charge in [0.15, 0.2) is 0 Å². The number of nitrogens with two attached hydrogens (primary N) is 1. The molecule has 0 radical (unpaired) electrons. The second-order valence-electron chi connectivity index (χ2n) is 3.54. The van der Waals surface area contributed by atoms with Gasteiger partial charge in [0.2, 0.25) is 0 Å². The average Bonchev–Trinajstić information content (AvgIpc) is 2.84. The van der Waals surface area contributed by atoms with Gasteiger partial charge in [-0.3, -0.25) is 4.68 Å². The first kappa shape index (κ1) is 9.98. The summed E-state index contributed by atoms with van der Waals surface area (Å²) in [4.78, 5) is 0. The van der Waals surface area contributed by atoms with E-state index in [9.17, 15) is 0 Å². The number of furan rings is 1. The molecule has 2 N–H and O–H groups in total. The van der Waals surface area contributed by atoms with E-state index >= 15 is 0 Å². The van der Waals surface area contributed by atoms with Crippen LogP contribution < -0.4 is 5.73 Å². The zero-order valence-corrected chi connectivity index (χ0v) is 8.97. The number of hydrogen-bond donors (Lipinski definition) is 1. The summed E-state index contributed by atoms with van der Waals surface area (Å²) in [7, 11) is 0. The van der Waals surface area contributed by atoms with E-state index in [2.05, 4.69) is 5.10 Å². The lowest BCUT2D eigenvalue weighted by Gasteiger charge is -2.10. The predicted octanol–water partition coefficient (Wildman–Crippen LogP) is 1.85. The molecule has 0 saturated heterocycles. The highest BCUT2D eigenvalue weighted by Crippen LogP contribution is 2.21. The van der Waals surface area contributed by atoms with E-state index in [0.29, 0.717) is 0 Å². The molecule has 0 aromatic carbocycles. The van der Waals surface area contributed by atoms with Crippen LogP contribution in [0.15, 0.2) is 29.0 Å². The summed E-state index contributed by atoms with van der Waals surface area (Å²) in [6.45, 7) is 4.78. The van der Waals surface area contributed by atoms with Gasteiger partial charge in [-0.05, 0) is 26.0 Å². The summed E-state index contributed by atoms with van der Waals surface area (Å²) in [6, 6.07) is 3.73. The summed E-state index contributed by atoms with van der Waals surface area (Å²) in [5, 5.41) is 4.19. The summed E-state index contributed by atoms with van der Waals surface area (Å²) < 4.78 is 7.14. The molecule has 0 aliphatic carbocycles. The minimum Gasteiger partial charge on any atom is -0.469 e. The van der Waals surface area contributed by atoms with Crippen LogP contribution in [0.1, 0.15) is 30.0 Å². The van der Waals surface area contributed by atoms with Crippen LogP contribution in [0.5, 0.6) is 0 Å². The molecule has 4 nitrogen and oxygen atoms in total. The van der Waals surface area contributed by atoms with Gasteiger partial charge in [-0.25, -0.2) is 0 Å². The van der Waals surface area contributed by atoms with Crippen molar-refractivity contribution >= 4 is 0 Å². The maximum atomic E-state index is 6.13. The zero-order chi connectivity index (χ0) is 10.8. The van der Waals surface area contributed by atoms with E-state index in [1.165, 1.54) is 0 Å². The normalized spacial score (nSPS) is 13.0. The van der Waals surface area contributed by atoms with E-state index < -0.39 is 0 Å². The molecule has 15 heavy (non-hydrogen) atoms. The lowest BCUT2D eigenvalue weighted by molar-refractivity contribution is 0.528. The molecule has 1 unspecified atom stereocenters. The van der Waals surface area contributed by atoms with Crippen molar-refractivity contribution in [1.82, 2.24) is 9.78 Å². The summed E-state index contributed by atoms with van der Waals surface area (Å²) in [5.74, 6) is 0.878. The van der Waals surface area contributed by atoms with Gasteiger partial charge in [0.1, 0.15) is 5.76 Å². The molecule has 80 valence electrons. The van der Waals surface area contributed by atoms with Gasteiger partial charge in [-0.15, -0.1) is 0 Å². The van der Waals surface area contributed by atoms with E-state index in [1.807, 2.05) is 30.7 Å². The Morgan fingerprint density at radius 3 is 3.00 bits per heavy atom. The van der Waals surface area contributed by atoms with E-state index in [0.717, 1.165) is 23.6 Å². The van der Waals surface area contributed by atoms with Crippen LogP contribution in [0.4, 0.5) is 0 Å². The maximum Gasteiger partial charge on any atom is 0.101 e. The molecular weight excluding hydrogens is 190 g/mol. The fraction of sp³-hybridized carbons (Fsp3) is 0.364. The number of aryl methyl sites for hydroxylation is 2. The van der Waals surface area contributed by atoms with Crippen LogP contribution in [-0.4, -0.2) is 9.78 Å². The Labute approximate surface area is 88.7 Å². The first-order chi connectivity index (χ1) is 7.22. The smallest absolute Gasteiger partial charge is 0.101 e. The lowest BCUT2D eigenvalue weighted by Crippen LogP contribution is -2.16. The van der Waals surface area contributed by atoms with Crippen LogP contribution in [0, 0.1) is 6.92 Å². The molecule has 0 bridgehead atoms. The molecule has 0 spiro atoms. The van der Waals surface area contributed by atoms with E-state index in [-0.39, 0.29) is 6.04 Å². The molecule has 1 atom stereocenters. The standard InChI is InChI=1S/C11H15N3O/c1-3-14-10(4-5-13-14)11(12)9-6-8(2)15-7-9/h4-7,11H,3,12H2,1-2H3. The number of hydrogen-bond acceptors (Lipinski definition) is 3. The predicted molar refractivity (Wildman–Crippen MR) is 57.4 cm³/mol. The average molecular weight is 205 g/mol. The van der Waals surface area contributed by atoms with Gasteiger partial charge in [-0.2, -0.15) is 5.10 Å². The zero-order valence-electron chi connectivity index (χ0n) is 8.97. The Kier molecular flexibility index (Phi) is 2.60. The molecule has 4 heteroatoms. The van der Waals surface area contributed by atoms with E-state index in [1.54, 1.807) is 12.5 Å². The van der Waals surface area contributed by atoms with Crippen molar-refractivity contribution < 1.29 is 4.42 Å². The Bertz CT molecular complexity index is 444. The number of rotatable bonds is 3. The highest BCUT2D eigenvalue weighted by molar-refractivity contribution is 5.25. The minimum absolute atomic E-state index is 0.162.